The zero-order chi connectivity index (χ0) is 14.7. The maximum Gasteiger partial charge on any atom is 0.176 e. The molecule has 0 fully saturated rings. The van der Waals surface area contributed by atoms with Gasteiger partial charge in [-0.05, 0) is 31.9 Å². The molecule has 3 atom stereocenters. The van der Waals surface area contributed by atoms with E-state index in [1.165, 1.54) is 0 Å². The quantitative estimate of drug-likeness (QED) is 0.852. The predicted molar refractivity (Wildman–Crippen MR) is 80.0 cm³/mol. The predicted octanol–water partition coefficient (Wildman–Crippen LogP) is 3.11. The van der Waals surface area contributed by atoms with Crippen molar-refractivity contribution in [1.29, 1.82) is 0 Å². The van der Waals surface area contributed by atoms with Gasteiger partial charge in [0.15, 0.2) is 11.3 Å². The van der Waals surface area contributed by atoms with E-state index in [1.807, 2.05) is 31.2 Å². The summed E-state index contributed by atoms with van der Waals surface area (Å²) < 4.78 is 11.2. The molecule has 2 aromatic rings. The SMILES string of the molecule is COc1cccc2cc(C(C)NC(C)C(C)CO)oc12. The Bertz CT molecular complexity index is 564. The van der Waals surface area contributed by atoms with Gasteiger partial charge in [0.25, 0.3) is 0 Å². The molecule has 0 bridgehead atoms. The van der Waals surface area contributed by atoms with Gasteiger partial charge in [-0.2, -0.15) is 0 Å². The highest BCUT2D eigenvalue weighted by atomic mass is 16.5. The Morgan fingerprint density at radius 3 is 2.70 bits per heavy atom. The largest absolute Gasteiger partial charge is 0.493 e. The lowest BCUT2D eigenvalue weighted by Crippen LogP contribution is -2.35. The van der Waals surface area contributed by atoms with Crippen LogP contribution in [0.4, 0.5) is 0 Å². The summed E-state index contributed by atoms with van der Waals surface area (Å²) in [5, 5.41) is 13.7. The minimum Gasteiger partial charge on any atom is -0.493 e. The Morgan fingerprint density at radius 2 is 2.05 bits per heavy atom. The average molecular weight is 277 g/mol. The van der Waals surface area contributed by atoms with Crippen LogP contribution in [0.1, 0.15) is 32.6 Å². The minimum absolute atomic E-state index is 0.0797. The van der Waals surface area contributed by atoms with Gasteiger partial charge >= 0.3 is 0 Å². The Kier molecular flexibility index (Phi) is 4.68. The second kappa shape index (κ2) is 6.29. The highest BCUT2D eigenvalue weighted by Crippen LogP contribution is 2.31. The van der Waals surface area contributed by atoms with Crippen molar-refractivity contribution in [3.8, 4) is 5.75 Å². The van der Waals surface area contributed by atoms with E-state index in [-0.39, 0.29) is 24.6 Å². The van der Waals surface area contributed by atoms with Gasteiger partial charge in [0.05, 0.1) is 13.2 Å². The van der Waals surface area contributed by atoms with Crippen LogP contribution in [0.2, 0.25) is 0 Å². The van der Waals surface area contributed by atoms with Gasteiger partial charge in [0, 0.05) is 18.0 Å². The first kappa shape index (κ1) is 14.9. The summed E-state index contributed by atoms with van der Waals surface area (Å²) in [5.41, 5.74) is 0.779. The van der Waals surface area contributed by atoms with Gasteiger partial charge in [0.1, 0.15) is 5.76 Å². The summed E-state index contributed by atoms with van der Waals surface area (Å²) in [6.45, 7) is 6.33. The van der Waals surface area contributed by atoms with E-state index in [1.54, 1.807) is 7.11 Å². The van der Waals surface area contributed by atoms with Crippen LogP contribution < -0.4 is 10.1 Å². The summed E-state index contributed by atoms with van der Waals surface area (Å²) >= 11 is 0. The highest BCUT2D eigenvalue weighted by Gasteiger charge is 2.18. The molecular weight excluding hydrogens is 254 g/mol. The normalized spacial score (nSPS) is 16.1. The van der Waals surface area contributed by atoms with E-state index in [0.717, 1.165) is 22.5 Å². The summed E-state index contributed by atoms with van der Waals surface area (Å²) in [7, 11) is 1.64. The molecule has 0 saturated heterocycles. The molecule has 20 heavy (non-hydrogen) atoms. The van der Waals surface area contributed by atoms with Crippen molar-refractivity contribution in [3.05, 3.63) is 30.0 Å². The number of nitrogens with one attached hydrogen (secondary N) is 1. The zero-order valence-electron chi connectivity index (χ0n) is 12.5. The van der Waals surface area contributed by atoms with Gasteiger partial charge < -0.3 is 19.6 Å². The molecule has 2 N–H and O–H groups in total. The fourth-order valence-electron chi connectivity index (χ4n) is 2.23. The van der Waals surface area contributed by atoms with E-state index in [4.69, 9.17) is 9.15 Å². The molecule has 2 rings (SSSR count). The van der Waals surface area contributed by atoms with E-state index in [9.17, 15) is 5.11 Å². The van der Waals surface area contributed by atoms with Gasteiger partial charge in [-0.25, -0.2) is 0 Å². The Morgan fingerprint density at radius 1 is 1.30 bits per heavy atom. The lowest BCUT2D eigenvalue weighted by molar-refractivity contribution is 0.200. The Hall–Kier alpha value is -1.52. The number of ether oxygens (including phenoxy) is 1. The van der Waals surface area contributed by atoms with Crippen LogP contribution in [0.25, 0.3) is 11.0 Å². The van der Waals surface area contributed by atoms with Crippen molar-refractivity contribution < 1.29 is 14.3 Å². The van der Waals surface area contributed by atoms with Crippen molar-refractivity contribution in [2.24, 2.45) is 5.92 Å². The highest BCUT2D eigenvalue weighted by molar-refractivity contribution is 5.83. The first-order valence-electron chi connectivity index (χ1n) is 7.00. The van der Waals surface area contributed by atoms with Crippen LogP contribution in [0, 0.1) is 5.92 Å². The molecule has 0 saturated carbocycles. The summed E-state index contributed by atoms with van der Waals surface area (Å²) in [4.78, 5) is 0. The van der Waals surface area contributed by atoms with E-state index < -0.39 is 0 Å². The number of methoxy groups -OCH3 is 1. The Balaban J connectivity index is 2.20. The summed E-state index contributed by atoms with van der Waals surface area (Å²) in [6, 6.07) is 8.18. The zero-order valence-corrected chi connectivity index (χ0v) is 12.5. The third-order valence-electron chi connectivity index (χ3n) is 3.83. The lowest BCUT2D eigenvalue weighted by Gasteiger charge is -2.22. The molecule has 110 valence electrons. The average Bonchev–Trinajstić information content (AvgIpc) is 2.90. The van der Waals surface area contributed by atoms with Crippen molar-refractivity contribution in [1.82, 2.24) is 5.32 Å². The molecule has 1 aromatic heterocycles. The number of para-hydroxylation sites is 1. The van der Waals surface area contributed by atoms with Crippen LogP contribution >= 0.6 is 0 Å². The van der Waals surface area contributed by atoms with E-state index >= 15 is 0 Å². The van der Waals surface area contributed by atoms with Crippen molar-refractivity contribution in [2.75, 3.05) is 13.7 Å². The maximum atomic E-state index is 9.19. The lowest BCUT2D eigenvalue weighted by atomic mass is 10.0. The number of hydrogen-bond donors (Lipinski definition) is 2. The van der Waals surface area contributed by atoms with E-state index in [0.29, 0.717) is 0 Å². The van der Waals surface area contributed by atoms with Gasteiger partial charge in [-0.3, -0.25) is 0 Å². The molecule has 0 radical (unpaired) electrons. The van der Waals surface area contributed by atoms with Crippen molar-refractivity contribution in [2.45, 2.75) is 32.9 Å². The molecule has 0 aliphatic heterocycles. The number of furan rings is 1. The monoisotopic (exact) mass is 277 g/mol. The van der Waals surface area contributed by atoms with Crippen LogP contribution in [0.5, 0.6) is 5.75 Å². The first-order valence-corrected chi connectivity index (χ1v) is 7.00. The third kappa shape index (κ3) is 2.97. The van der Waals surface area contributed by atoms with Crippen LogP contribution in [-0.2, 0) is 0 Å². The molecule has 0 aliphatic carbocycles. The summed E-state index contributed by atoms with van der Waals surface area (Å²) in [5.74, 6) is 1.83. The second-order valence-corrected chi connectivity index (χ2v) is 5.36. The molecular formula is C16H23NO3. The summed E-state index contributed by atoms with van der Waals surface area (Å²) in [6.07, 6.45) is 0. The number of fused-ring (bicyclic) bond motifs is 1. The fraction of sp³-hybridized carbons (Fsp3) is 0.500. The van der Waals surface area contributed by atoms with Crippen LogP contribution in [0.15, 0.2) is 28.7 Å². The van der Waals surface area contributed by atoms with Crippen molar-refractivity contribution >= 4 is 11.0 Å². The van der Waals surface area contributed by atoms with Gasteiger partial charge in [-0.15, -0.1) is 0 Å². The molecule has 1 aromatic carbocycles. The maximum absolute atomic E-state index is 9.19. The van der Waals surface area contributed by atoms with Crippen LogP contribution in [0.3, 0.4) is 0 Å². The fourth-order valence-corrected chi connectivity index (χ4v) is 2.23. The van der Waals surface area contributed by atoms with E-state index in [2.05, 4.69) is 19.2 Å². The first-order chi connectivity index (χ1) is 9.56. The third-order valence-corrected chi connectivity index (χ3v) is 3.83. The van der Waals surface area contributed by atoms with Gasteiger partial charge in [-0.1, -0.05) is 19.1 Å². The topological polar surface area (TPSA) is 54.6 Å². The molecule has 0 spiro atoms. The Labute approximate surface area is 119 Å². The molecule has 3 unspecified atom stereocenters. The number of aliphatic hydroxyl groups is 1. The molecule has 1 heterocycles. The number of rotatable bonds is 6. The van der Waals surface area contributed by atoms with Crippen molar-refractivity contribution in [3.63, 3.8) is 0 Å². The van der Waals surface area contributed by atoms with Gasteiger partial charge in [0.2, 0.25) is 0 Å². The molecule has 0 amide bonds. The number of benzene rings is 1. The second-order valence-electron chi connectivity index (χ2n) is 5.36. The standard InChI is InChI=1S/C16H23NO3/c1-10(9-18)11(2)17-12(3)15-8-13-6-5-7-14(19-4)16(13)20-15/h5-8,10-12,17-18H,9H2,1-4H3. The molecule has 4 heteroatoms. The van der Waals surface area contributed by atoms with Crippen LogP contribution in [-0.4, -0.2) is 24.9 Å². The number of aliphatic hydroxyl groups excluding tert-OH is 1. The number of hydrogen-bond acceptors (Lipinski definition) is 4. The molecule has 4 nitrogen and oxygen atoms in total. The molecule has 0 aliphatic rings. The minimum atomic E-state index is 0.0797. The smallest absolute Gasteiger partial charge is 0.176 e.